The minimum Gasteiger partial charge on any atom is -0.300 e. The van der Waals surface area contributed by atoms with Gasteiger partial charge in [-0.15, -0.1) is 10.2 Å². The van der Waals surface area contributed by atoms with E-state index < -0.39 is 5.82 Å². The van der Waals surface area contributed by atoms with E-state index in [1.165, 1.54) is 23.9 Å². The Balaban J connectivity index is 1.86. The second-order valence-corrected chi connectivity index (χ2v) is 7.93. The summed E-state index contributed by atoms with van der Waals surface area (Å²) in [6, 6.07) is 16.3. The van der Waals surface area contributed by atoms with Crippen LogP contribution in [0.4, 0.5) is 4.39 Å². The molecule has 0 fully saturated rings. The number of carbonyl (C=O) groups excluding carboxylic acids is 1. The van der Waals surface area contributed by atoms with Gasteiger partial charge in [-0.1, -0.05) is 61.2 Å². The third-order valence-corrected chi connectivity index (χ3v) is 5.71. The Morgan fingerprint density at radius 3 is 2.45 bits per heavy atom. The van der Waals surface area contributed by atoms with Gasteiger partial charge in [-0.3, -0.25) is 9.69 Å². The molecule has 0 saturated carbocycles. The van der Waals surface area contributed by atoms with Crippen molar-refractivity contribution in [1.82, 2.24) is 19.7 Å². The van der Waals surface area contributed by atoms with E-state index in [-0.39, 0.29) is 23.1 Å². The fraction of sp³-hybridized carbons (Fsp3) is 0.318. The first-order chi connectivity index (χ1) is 14.0. The Morgan fingerprint density at radius 1 is 1.10 bits per heavy atom. The molecular weight excluding hydrogens is 387 g/mol. The number of ketones is 1. The summed E-state index contributed by atoms with van der Waals surface area (Å²) in [5.41, 5.74) is 1.23. The van der Waals surface area contributed by atoms with Gasteiger partial charge in [0.25, 0.3) is 0 Å². The minimum absolute atomic E-state index is 0.104. The highest BCUT2D eigenvalue weighted by Crippen LogP contribution is 2.27. The summed E-state index contributed by atoms with van der Waals surface area (Å²) >= 11 is 1.29. The van der Waals surface area contributed by atoms with E-state index >= 15 is 0 Å². The fourth-order valence-electron chi connectivity index (χ4n) is 3.24. The van der Waals surface area contributed by atoms with Crippen LogP contribution in [0.5, 0.6) is 0 Å². The molecule has 0 aliphatic rings. The lowest BCUT2D eigenvalue weighted by atomic mass is 10.1. The zero-order valence-electron chi connectivity index (χ0n) is 16.9. The summed E-state index contributed by atoms with van der Waals surface area (Å²) in [4.78, 5) is 14.6. The molecule has 1 atom stereocenters. The first-order valence-electron chi connectivity index (χ1n) is 9.55. The van der Waals surface area contributed by atoms with E-state index in [0.29, 0.717) is 11.7 Å². The van der Waals surface area contributed by atoms with Gasteiger partial charge in [0.1, 0.15) is 5.82 Å². The summed E-state index contributed by atoms with van der Waals surface area (Å²) in [5, 5.41) is 9.45. The SMILES string of the molecule is CCC(c1nnc(SCC(=O)c2ccccc2F)n1Cc1ccccc1)N(C)C. The third kappa shape index (κ3) is 5.10. The summed E-state index contributed by atoms with van der Waals surface area (Å²) in [7, 11) is 4.04. The lowest BCUT2D eigenvalue weighted by molar-refractivity contribution is 0.101. The fourth-order valence-corrected chi connectivity index (χ4v) is 4.07. The molecule has 0 aliphatic heterocycles. The number of hydrogen-bond acceptors (Lipinski definition) is 5. The zero-order chi connectivity index (χ0) is 20.8. The van der Waals surface area contributed by atoms with Gasteiger partial charge in [-0.2, -0.15) is 0 Å². The molecule has 0 saturated heterocycles. The van der Waals surface area contributed by atoms with Crippen LogP contribution < -0.4 is 0 Å². The Hall–Kier alpha value is -2.51. The van der Waals surface area contributed by atoms with Crippen LogP contribution in [0.25, 0.3) is 0 Å². The maximum atomic E-state index is 13.9. The number of hydrogen-bond donors (Lipinski definition) is 0. The van der Waals surface area contributed by atoms with Crippen LogP contribution in [0, 0.1) is 5.82 Å². The summed E-state index contributed by atoms with van der Waals surface area (Å²) in [6.07, 6.45) is 0.888. The van der Waals surface area contributed by atoms with Crippen LogP contribution in [0.1, 0.15) is 41.1 Å². The van der Waals surface area contributed by atoms with Crippen molar-refractivity contribution in [3.8, 4) is 0 Å². The molecule has 0 bridgehead atoms. The van der Waals surface area contributed by atoms with Crippen molar-refractivity contribution in [2.24, 2.45) is 0 Å². The van der Waals surface area contributed by atoms with E-state index in [9.17, 15) is 9.18 Å². The number of halogens is 1. The predicted octanol–water partition coefficient (Wildman–Crippen LogP) is 4.45. The predicted molar refractivity (Wildman–Crippen MR) is 114 cm³/mol. The number of thioether (sulfide) groups is 1. The van der Waals surface area contributed by atoms with Crippen LogP contribution >= 0.6 is 11.8 Å². The zero-order valence-corrected chi connectivity index (χ0v) is 17.7. The topological polar surface area (TPSA) is 51.0 Å². The molecule has 29 heavy (non-hydrogen) atoms. The molecule has 1 heterocycles. The van der Waals surface area contributed by atoms with Gasteiger partial charge >= 0.3 is 0 Å². The van der Waals surface area contributed by atoms with Gasteiger partial charge in [0.05, 0.1) is 23.9 Å². The number of benzene rings is 2. The Labute approximate surface area is 175 Å². The van der Waals surface area contributed by atoms with Crippen molar-refractivity contribution < 1.29 is 9.18 Å². The maximum absolute atomic E-state index is 13.9. The minimum atomic E-state index is -0.497. The molecule has 0 radical (unpaired) electrons. The highest BCUT2D eigenvalue weighted by atomic mass is 32.2. The summed E-state index contributed by atoms with van der Waals surface area (Å²) < 4.78 is 16.0. The average molecular weight is 413 g/mol. The molecule has 0 amide bonds. The molecule has 5 nitrogen and oxygen atoms in total. The largest absolute Gasteiger partial charge is 0.300 e. The van der Waals surface area contributed by atoms with Gasteiger partial charge < -0.3 is 4.57 Å². The van der Waals surface area contributed by atoms with E-state index in [4.69, 9.17) is 0 Å². The van der Waals surface area contributed by atoms with E-state index in [1.807, 2.05) is 32.3 Å². The normalized spacial score (nSPS) is 12.3. The van der Waals surface area contributed by atoms with Crippen molar-refractivity contribution in [2.45, 2.75) is 31.1 Å². The number of Topliss-reactive ketones (excluding diaryl/α,β-unsaturated/α-hetero) is 1. The van der Waals surface area contributed by atoms with Crippen LogP contribution in [0.2, 0.25) is 0 Å². The molecule has 3 rings (SSSR count). The van der Waals surface area contributed by atoms with Crippen molar-refractivity contribution in [3.63, 3.8) is 0 Å². The number of nitrogens with zero attached hydrogens (tertiary/aromatic N) is 4. The van der Waals surface area contributed by atoms with Crippen LogP contribution in [-0.4, -0.2) is 45.3 Å². The van der Waals surface area contributed by atoms with Crippen LogP contribution in [0.15, 0.2) is 59.8 Å². The molecule has 2 aromatic carbocycles. The Bertz CT molecular complexity index is 958. The Kier molecular flexibility index (Phi) is 7.17. The second kappa shape index (κ2) is 9.80. The standard InChI is InChI=1S/C22H25FN4OS/c1-4-19(26(2)3)21-24-25-22(27(21)14-16-10-6-5-7-11-16)29-15-20(28)17-12-8-9-13-18(17)23/h5-13,19H,4,14-15H2,1-3H3. The lowest BCUT2D eigenvalue weighted by Gasteiger charge is -2.23. The molecule has 1 unspecified atom stereocenters. The van der Waals surface area contributed by atoms with Crippen molar-refractivity contribution >= 4 is 17.5 Å². The molecule has 0 N–H and O–H groups in total. The molecule has 0 aliphatic carbocycles. The van der Waals surface area contributed by atoms with E-state index in [1.54, 1.807) is 12.1 Å². The van der Waals surface area contributed by atoms with Crippen LogP contribution in [0.3, 0.4) is 0 Å². The van der Waals surface area contributed by atoms with Crippen LogP contribution in [-0.2, 0) is 6.54 Å². The van der Waals surface area contributed by atoms with Gasteiger partial charge in [-0.05, 0) is 38.2 Å². The van der Waals surface area contributed by atoms with E-state index in [0.717, 1.165) is 17.8 Å². The molecule has 152 valence electrons. The molecule has 1 aromatic heterocycles. The summed E-state index contributed by atoms with van der Waals surface area (Å²) in [6.45, 7) is 2.73. The number of rotatable bonds is 9. The van der Waals surface area contributed by atoms with Crippen molar-refractivity contribution in [2.75, 3.05) is 19.8 Å². The second-order valence-electron chi connectivity index (χ2n) is 6.99. The molecular formula is C22H25FN4OS. The molecule has 0 spiro atoms. The molecule has 7 heteroatoms. The van der Waals surface area contributed by atoms with Gasteiger partial charge in [0.2, 0.25) is 0 Å². The van der Waals surface area contributed by atoms with Crippen molar-refractivity contribution in [3.05, 3.63) is 77.4 Å². The van der Waals surface area contributed by atoms with Gasteiger partial charge in [-0.25, -0.2) is 4.39 Å². The third-order valence-electron chi connectivity index (χ3n) is 4.74. The highest BCUT2D eigenvalue weighted by Gasteiger charge is 2.23. The first kappa shape index (κ1) is 21.2. The molecule has 3 aromatic rings. The van der Waals surface area contributed by atoms with E-state index in [2.05, 4.69) is 38.7 Å². The number of carbonyl (C=O) groups is 1. The number of aromatic nitrogens is 3. The van der Waals surface area contributed by atoms with Crippen molar-refractivity contribution in [1.29, 1.82) is 0 Å². The Morgan fingerprint density at radius 2 is 1.79 bits per heavy atom. The first-order valence-corrected chi connectivity index (χ1v) is 10.5. The van der Waals surface area contributed by atoms with Gasteiger partial charge in [0, 0.05) is 0 Å². The van der Waals surface area contributed by atoms with Gasteiger partial charge in [0.15, 0.2) is 16.8 Å². The quantitative estimate of drug-likeness (QED) is 0.384. The monoisotopic (exact) mass is 412 g/mol. The maximum Gasteiger partial charge on any atom is 0.192 e. The smallest absolute Gasteiger partial charge is 0.192 e. The highest BCUT2D eigenvalue weighted by molar-refractivity contribution is 7.99. The summed E-state index contributed by atoms with van der Waals surface area (Å²) in [5.74, 6) is 0.209. The lowest BCUT2D eigenvalue weighted by Crippen LogP contribution is -2.23. The average Bonchev–Trinajstić information content (AvgIpc) is 3.10.